The molecule has 0 rings (SSSR count). The largest absolute Gasteiger partial charge is 0.103 e. The second kappa shape index (κ2) is 12.4. The summed E-state index contributed by atoms with van der Waals surface area (Å²) in [6, 6.07) is 0. The minimum absolute atomic E-state index is 0.937. The molecule has 0 aliphatic carbocycles. The number of hydrogen-bond donors (Lipinski definition) is 0. The molecule has 0 N–H and O–H groups in total. The molecule has 0 amide bonds. The zero-order valence-corrected chi connectivity index (χ0v) is 7.92. The van der Waals surface area contributed by atoms with Gasteiger partial charge < -0.3 is 0 Å². The Bertz CT molecular complexity index is 170. The van der Waals surface area contributed by atoms with Crippen molar-refractivity contribution in [1.29, 1.82) is 0 Å². The predicted molar refractivity (Wildman–Crippen MR) is 59.2 cm³/mol. The highest BCUT2D eigenvalue weighted by molar-refractivity contribution is 5.05. The van der Waals surface area contributed by atoms with Crippen molar-refractivity contribution < 1.29 is 0 Å². The van der Waals surface area contributed by atoms with Crippen LogP contribution in [0.4, 0.5) is 0 Å². The van der Waals surface area contributed by atoms with Crippen LogP contribution in [-0.2, 0) is 0 Å². The molecule has 0 aromatic rings. The molecule has 0 heteroatoms. The summed E-state index contributed by atoms with van der Waals surface area (Å²) >= 11 is 0. The van der Waals surface area contributed by atoms with E-state index in [-0.39, 0.29) is 0 Å². The molecule has 0 fully saturated rings. The third kappa shape index (κ3) is 23.4. The second-order valence-corrected chi connectivity index (χ2v) is 2.24. The van der Waals surface area contributed by atoms with Crippen molar-refractivity contribution in [3.05, 3.63) is 62.3 Å². The summed E-state index contributed by atoms with van der Waals surface area (Å²) in [6.07, 6.45) is 10.2. The van der Waals surface area contributed by atoms with E-state index in [1.165, 1.54) is 0 Å². The van der Waals surface area contributed by atoms with Gasteiger partial charge in [0.05, 0.1) is 0 Å². The van der Waals surface area contributed by atoms with Gasteiger partial charge in [-0.05, 0) is 13.3 Å². The fourth-order valence-electron chi connectivity index (χ4n) is 0.271. The van der Waals surface area contributed by atoms with Crippen molar-refractivity contribution >= 4 is 0 Å². The van der Waals surface area contributed by atoms with Crippen molar-refractivity contribution in [3.63, 3.8) is 0 Å². The van der Waals surface area contributed by atoms with Gasteiger partial charge >= 0.3 is 0 Å². The molecule has 0 aromatic heterocycles. The van der Waals surface area contributed by atoms with Crippen molar-refractivity contribution in [2.24, 2.45) is 0 Å². The first-order valence-corrected chi connectivity index (χ1v) is 3.85. The first-order chi connectivity index (χ1) is 5.68. The Labute approximate surface area is 76.3 Å². The molecule has 0 aliphatic rings. The van der Waals surface area contributed by atoms with Crippen LogP contribution in [0.1, 0.15) is 13.3 Å². The Hall–Kier alpha value is -1.30. The van der Waals surface area contributed by atoms with E-state index < -0.39 is 0 Å². The summed E-state index contributed by atoms with van der Waals surface area (Å²) in [6.45, 7) is 16.0. The fourth-order valence-corrected chi connectivity index (χ4v) is 0.271. The summed E-state index contributed by atoms with van der Waals surface area (Å²) in [5, 5.41) is 0. The van der Waals surface area contributed by atoms with Crippen LogP contribution in [0.2, 0.25) is 0 Å². The van der Waals surface area contributed by atoms with E-state index in [0.717, 1.165) is 12.0 Å². The molecule has 0 heterocycles. The van der Waals surface area contributed by atoms with Gasteiger partial charge in [0.1, 0.15) is 0 Å². The van der Waals surface area contributed by atoms with Gasteiger partial charge in [-0.2, -0.15) is 0 Å². The van der Waals surface area contributed by atoms with E-state index in [2.05, 4.69) is 26.3 Å². The van der Waals surface area contributed by atoms with Crippen LogP contribution >= 0.6 is 0 Å². The lowest BCUT2D eigenvalue weighted by Crippen LogP contribution is -1.50. The average Bonchev–Trinajstić information content (AvgIpc) is 2.07. The maximum atomic E-state index is 3.56. The average molecular weight is 162 g/mol. The molecule has 0 aliphatic heterocycles. The van der Waals surface area contributed by atoms with Gasteiger partial charge in [0.15, 0.2) is 0 Å². The zero-order valence-electron chi connectivity index (χ0n) is 7.92. The van der Waals surface area contributed by atoms with Crippen LogP contribution in [-0.4, -0.2) is 0 Å². The van der Waals surface area contributed by atoms with Crippen LogP contribution in [0, 0.1) is 0 Å². The number of hydrogen-bond acceptors (Lipinski definition) is 0. The minimum Gasteiger partial charge on any atom is -0.103 e. The normalized spacial score (nSPS) is 8.08. The Morgan fingerprint density at radius 2 is 1.75 bits per heavy atom. The second-order valence-electron chi connectivity index (χ2n) is 2.24. The summed E-state index contributed by atoms with van der Waals surface area (Å²) < 4.78 is 0. The Morgan fingerprint density at radius 1 is 1.25 bits per heavy atom. The topological polar surface area (TPSA) is 0 Å². The monoisotopic (exact) mass is 162 g/mol. The van der Waals surface area contributed by atoms with Gasteiger partial charge in [-0.3, -0.25) is 0 Å². The molecule has 0 spiro atoms. The lowest BCUT2D eigenvalue weighted by atomic mass is 10.4. The molecule has 0 aromatic carbocycles. The zero-order chi connectivity index (χ0) is 9.82. The van der Waals surface area contributed by atoms with Crippen LogP contribution in [0.5, 0.6) is 0 Å². The van der Waals surface area contributed by atoms with Crippen molar-refractivity contribution in [1.82, 2.24) is 0 Å². The Balaban J connectivity index is 0. The molecule has 0 radical (unpaired) electrons. The molecular formula is C12H18. The molecule has 0 nitrogen and oxygen atoms in total. The molecule has 0 saturated heterocycles. The highest BCUT2D eigenvalue weighted by Crippen LogP contribution is 1.81. The van der Waals surface area contributed by atoms with E-state index >= 15 is 0 Å². The summed E-state index contributed by atoms with van der Waals surface area (Å²) in [5.74, 6) is 0. The van der Waals surface area contributed by atoms with Crippen LogP contribution in [0.15, 0.2) is 62.3 Å². The van der Waals surface area contributed by atoms with Crippen molar-refractivity contribution in [2.75, 3.05) is 0 Å². The summed E-state index contributed by atoms with van der Waals surface area (Å²) in [7, 11) is 0. The first kappa shape index (κ1) is 13.3. The molecule has 12 heavy (non-hydrogen) atoms. The van der Waals surface area contributed by atoms with Crippen LogP contribution < -0.4 is 0 Å². The van der Waals surface area contributed by atoms with E-state index in [1.54, 1.807) is 12.2 Å². The molecule has 0 unspecified atom stereocenters. The summed E-state index contributed by atoms with van der Waals surface area (Å²) in [4.78, 5) is 0. The van der Waals surface area contributed by atoms with E-state index in [0.29, 0.717) is 0 Å². The Kier molecular flexibility index (Phi) is 13.7. The van der Waals surface area contributed by atoms with Crippen molar-refractivity contribution in [3.8, 4) is 0 Å². The highest BCUT2D eigenvalue weighted by Gasteiger charge is 1.60. The highest BCUT2D eigenvalue weighted by atomic mass is 13.7. The minimum atomic E-state index is 0.937. The standard InChI is InChI=1S/C7H10.C5H8/c1-3-5-7-6-4-2;1-4-5(2)3/h3-5,7H,1-2,6H2;4H,1-2H2,3H3. The third-order valence-electron chi connectivity index (χ3n) is 0.923. The summed E-state index contributed by atoms with van der Waals surface area (Å²) in [5.41, 5.74) is 1.02. The molecule has 0 bridgehead atoms. The SMILES string of the molecule is C=CC(=C)C.C=CC=CCC=C. The maximum Gasteiger partial charge on any atom is -0.0169 e. The molecule has 66 valence electrons. The predicted octanol–water partition coefficient (Wildman–Crippen LogP) is 4.05. The van der Waals surface area contributed by atoms with E-state index in [1.807, 2.05) is 25.2 Å². The van der Waals surface area contributed by atoms with Gasteiger partial charge in [-0.25, -0.2) is 0 Å². The smallest absolute Gasteiger partial charge is 0.0169 e. The third-order valence-corrected chi connectivity index (χ3v) is 0.923. The quantitative estimate of drug-likeness (QED) is 0.432. The van der Waals surface area contributed by atoms with Crippen LogP contribution in [0.3, 0.4) is 0 Å². The van der Waals surface area contributed by atoms with Crippen molar-refractivity contribution in [2.45, 2.75) is 13.3 Å². The number of rotatable bonds is 4. The molecule has 0 saturated carbocycles. The molecule has 0 atom stereocenters. The Morgan fingerprint density at radius 3 is 2.00 bits per heavy atom. The van der Waals surface area contributed by atoms with Crippen LogP contribution in [0.25, 0.3) is 0 Å². The number of allylic oxidation sites excluding steroid dienone is 6. The molecular weight excluding hydrogens is 144 g/mol. The van der Waals surface area contributed by atoms with Gasteiger partial charge in [0.2, 0.25) is 0 Å². The van der Waals surface area contributed by atoms with E-state index in [4.69, 9.17) is 0 Å². The van der Waals surface area contributed by atoms with Gasteiger partial charge in [0.25, 0.3) is 0 Å². The van der Waals surface area contributed by atoms with E-state index in [9.17, 15) is 0 Å². The first-order valence-electron chi connectivity index (χ1n) is 3.85. The van der Waals surface area contributed by atoms with Gasteiger partial charge in [-0.1, -0.05) is 55.7 Å². The fraction of sp³-hybridized carbons (Fsp3) is 0.167. The van der Waals surface area contributed by atoms with Gasteiger partial charge in [-0.15, -0.1) is 6.58 Å². The lowest BCUT2D eigenvalue weighted by Gasteiger charge is -1.71. The maximum absolute atomic E-state index is 3.56. The van der Waals surface area contributed by atoms with Gasteiger partial charge in [0, 0.05) is 0 Å². The lowest BCUT2D eigenvalue weighted by molar-refractivity contribution is 1.41.